The van der Waals surface area contributed by atoms with E-state index >= 15 is 0 Å². The Kier molecular flexibility index (Phi) is 5.22. The number of piperazine rings is 1. The lowest BCUT2D eigenvalue weighted by molar-refractivity contribution is 0.122. The second-order valence-electron chi connectivity index (χ2n) is 8.45. The van der Waals surface area contributed by atoms with E-state index in [0.29, 0.717) is 19.0 Å². The van der Waals surface area contributed by atoms with Gasteiger partial charge in [-0.05, 0) is 13.1 Å². The summed E-state index contributed by atoms with van der Waals surface area (Å²) >= 11 is 1.73. The topological polar surface area (TPSA) is 86.3 Å². The molecular weight excluding hydrogens is 424 g/mol. The summed E-state index contributed by atoms with van der Waals surface area (Å²) in [6.45, 7) is 8.29. The third kappa shape index (κ3) is 3.73. The lowest BCUT2D eigenvalue weighted by Gasteiger charge is -2.31. The van der Waals surface area contributed by atoms with Crippen molar-refractivity contribution in [1.82, 2.24) is 34.9 Å². The molecule has 10 heteroatoms. The quantitative estimate of drug-likeness (QED) is 0.507. The third-order valence-corrected chi connectivity index (χ3v) is 7.30. The molecule has 9 nitrogen and oxygen atoms in total. The summed E-state index contributed by atoms with van der Waals surface area (Å²) < 4.78 is 6.66. The number of hydrogen-bond donors (Lipinski definition) is 1. The molecule has 0 spiro atoms. The zero-order valence-corrected chi connectivity index (χ0v) is 18.9. The number of fused-ring (bicyclic) bond motifs is 2. The molecule has 166 valence electrons. The molecule has 1 aromatic carbocycles. The van der Waals surface area contributed by atoms with Gasteiger partial charge in [0.15, 0.2) is 17.3 Å². The first kappa shape index (κ1) is 20.0. The Morgan fingerprint density at radius 3 is 2.72 bits per heavy atom. The van der Waals surface area contributed by atoms with Gasteiger partial charge in [0.05, 0.1) is 31.5 Å². The van der Waals surface area contributed by atoms with E-state index in [1.807, 2.05) is 18.3 Å². The molecule has 0 atom stereocenters. The standard InChI is InChI=1S/C22H26N8OS/c1-28-5-7-29(8-6-28)14-18-24-21-19(32-18)22(30-9-11-31-12-10-30)26-20(25-21)15-3-2-4-17-16(15)13-23-27-17/h2-4,13H,5-12,14H2,1H3,(H,23,27). The van der Waals surface area contributed by atoms with E-state index in [1.165, 1.54) is 0 Å². The van der Waals surface area contributed by atoms with Gasteiger partial charge in [-0.25, -0.2) is 15.0 Å². The Balaban J connectivity index is 1.43. The molecule has 2 aliphatic heterocycles. The highest BCUT2D eigenvalue weighted by Crippen LogP contribution is 2.34. The van der Waals surface area contributed by atoms with Crippen molar-refractivity contribution in [3.63, 3.8) is 0 Å². The van der Waals surface area contributed by atoms with Gasteiger partial charge in [-0.1, -0.05) is 12.1 Å². The second kappa shape index (κ2) is 8.36. The minimum absolute atomic E-state index is 0.697. The van der Waals surface area contributed by atoms with Crippen LogP contribution >= 0.6 is 11.3 Å². The van der Waals surface area contributed by atoms with Gasteiger partial charge in [0.2, 0.25) is 0 Å². The van der Waals surface area contributed by atoms with Crippen LogP contribution in [0.3, 0.4) is 0 Å². The van der Waals surface area contributed by atoms with Gasteiger partial charge in [0.25, 0.3) is 0 Å². The first-order valence-corrected chi connectivity index (χ1v) is 11.9. The van der Waals surface area contributed by atoms with Crippen LogP contribution in [0.15, 0.2) is 24.4 Å². The number of ether oxygens (including phenoxy) is 1. The lowest BCUT2D eigenvalue weighted by atomic mass is 10.1. The maximum atomic E-state index is 5.59. The molecule has 0 aliphatic carbocycles. The largest absolute Gasteiger partial charge is 0.378 e. The Labute approximate surface area is 190 Å². The normalized spacial score (nSPS) is 18.7. The van der Waals surface area contributed by atoms with E-state index in [0.717, 1.165) is 83.5 Å². The molecule has 0 amide bonds. The van der Waals surface area contributed by atoms with E-state index in [1.54, 1.807) is 11.3 Å². The van der Waals surface area contributed by atoms with Crippen LogP contribution in [0, 0.1) is 0 Å². The van der Waals surface area contributed by atoms with Gasteiger partial charge >= 0.3 is 0 Å². The number of rotatable bonds is 4. The molecule has 0 unspecified atom stereocenters. The van der Waals surface area contributed by atoms with E-state index in [9.17, 15) is 0 Å². The number of likely N-dealkylation sites (N-methyl/N-ethyl adjacent to an activating group) is 1. The summed E-state index contributed by atoms with van der Waals surface area (Å²) in [5, 5.41) is 9.37. The SMILES string of the molecule is CN1CCN(Cc2nc3nc(-c4cccc5[nH]ncc45)nc(N4CCOCC4)c3s2)CC1. The highest BCUT2D eigenvalue weighted by atomic mass is 32.1. The van der Waals surface area contributed by atoms with Crippen LogP contribution in [0.4, 0.5) is 5.82 Å². The van der Waals surface area contributed by atoms with Crippen molar-refractivity contribution in [3.8, 4) is 11.4 Å². The smallest absolute Gasteiger partial charge is 0.176 e. The van der Waals surface area contributed by atoms with Gasteiger partial charge in [0.1, 0.15) is 9.71 Å². The number of aromatic nitrogens is 5. The molecule has 6 rings (SSSR count). The van der Waals surface area contributed by atoms with Gasteiger partial charge < -0.3 is 14.5 Å². The van der Waals surface area contributed by atoms with E-state index in [-0.39, 0.29) is 0 Å². The number of morpholine rings is 1. The minimum atomic E-state index is 0.697. The van der Waals surface area contributed by atoms with Gasteiger partial charge in [0, 0.05) is 50.2 Å². The molecule has 32 heavy (non-hydrogen) atoms. The van der Waals surface area contributed by atoms with Crippen molar-refractivity contribution in [2.45, 2.75) is 6.54 Å². The molecule has 2 aliphatic rings. The fourth-order valence-corrected chi connectivity index (χ4v) is 5.45. The molecule has 0 saturated carbocycles. The van der Waals surface area contributed by atoms with Gasteiger partial charge in [-0.2, -0.15) is 5.10 Å². The van der Waals surface area contributed by atoms with Crippen LogP contribution in [0.25, 0.3) is 32.6 Å². The molecule has 2 fully saturated rings. The number of benzene rings is 1. The van der Waals surface area contributed by atoms with Crippen LogP contribution in [-0.4, -0.2) is 94.5 Å². The first-order chi connectivity index (χ1) is 15.7. The first-order valence-electron chi connectivity index (χ1n) is 11.1. The monoisotopic (exact) mass is 450 g/mol. The fourth-order valence-electron chi connectivity index (χ4n) is 4.39. The average molecular weight is 451 g/mol. The number of anilines is 1. The summed E-state index contributed by atoms with van der Waals surface area (Å²) in [6.07, 6.45) is 1.84. The Morgan fingerprint density at radius 1 is 1.03 bits per heavy atom. The summed E-state index contributed by atoms with van der Waals surface area (Å²) in [7, 11) is 2.18. The van der Waals surface area contributed by atoms with Crippen molar-refractivity contribution in [1.29, 1.82) is 0 Å². The molecular formula is C22H26N8OS. The van der Waals surface area contributed by atoms with Crippen LogP contribution in [-0.2, 0) is 11.3 Å². The van der Waals surface area contributed by atoms with Crippen LogP contribution in [0.2, 0.25) is 0 Å². The van der Waals surface area contributed by atoms with E-state index in [2.05, 4.69) is 38.0 Å². The third-order valence-electron chi connectivity index (χ3n) is 6.27. The second-order valence-corrected chi connectivity index (χ2v) is 9.53. The molecule has 3 aromatic heterocycles. The molecule has 4 aromatic rings. The number of thiazole rings is 1. The molecule has 0 bridgehead atoms. The van der Waals surface area contributed by atoms with Crippen molar-refractivity contribution in [3.05, 3.63) is 29.4 Å². The van der Waals surface area contributed by atoms with Crippen LogP contribution < -0.4 is 4.90 Å². The molecule has 1 N–H and O–H groups in total. The number of nitrogens with zero attached hydrogens (tertiary/aromatic N) is 7. The molecule has 2 saturated heterocycles. The highest BCUT2D eigenvalue weighted by Gasteiger charge is 2.23. The summed E-state index contributed by atoms with van der Waals surface area (Å²) in [4.78, 5) is 22.1. The number of hydrogen-bond acceptors (Lipinski definition) is 9. The van der Waals surface area contributed by atoms with E-state index in [4.69, 9.17) is 19.7 Å². The van der Waals surface area contributed by atoms with Gasteiger partial charge in [-0.3, -0.25) is 10.00 Å². The van der Waals surface area contributed by atoms with Crippen molar-refractivity contribution in [2.75, 3.05) is 64.4 Å². The zero-order chi connectivity index (χ0) is 21.5. The number of nitrogens with one attached hydrogen (secondary N) is 1. The predicted octanol–water partition coefficient (Wildman–Crippen LogP) is 2.21. The van der Waals surface area contributed by atoms with Crippen molar-refractivity contribution >= 4 is 38.4 Å². The number of aromatic amines is 1. The van der Waals surface area contributed by atoms with E-state index < -0.39 is 0 Å². The predicted molar refractivity (Wildman–Crippen MR) is 126 cm³/mol. The summed E-state index contributed by atoms with van der Waals surface area (Å²) in [5.41, 5.74) is 2.74. The molecule has 5 heterocycles. The lowest BCUT2D eigenvalue weighted by Crippen LogP contribution is -2.43. The minimum Gasteiger partial charge on any atom is -0.378 e. The Bertz CT molecular complexity index is 1240. The highest BCUT2D eigenvalue weighted by molar-refractivity contribution is 7.19. The van der Waals surface area contributed by atoms with Crippen LogP contribution in [0.1, 0.15) is 5.01 Å². The van der Waals surface area contributed by atoms with Gasteiger partial charge in [-0.15, -0.1) is 11.3 Å². The Hall–Kier alpha value is -2.66. The maximum Gasteiger partial charge on any atom is 0.176 e. The summed E-state index contributed by atoms with van der Waals surface area (Å²) in [6, 6.07) is 6.08. The van der Waals surface area contributed by atoms with Crippen LogP contribution in [0.5, 0.6) is 0 Å². The maximum absolute atomic E-state index is 5.59. The zero-order valence-electron chi connectivity index (χ0n) is 18.1. The number of H-pyrrole nitrogens is 1. The average Bonchev–Trinajstić information content (AvgIpc) is 3.47. The fraction of sp³-hybridized carbons (Fsp3) is 0.455. The Morgan fingerprint density at radius 2 is 1.88 bits per heavy atom. The van der Waals surface area contributed by atoms with Crippen molar-refractivity contribution < 1.29 is 4.74 Å². The summed E-state index contributed by atoms with van der Waals surface area (Å²) in [5.74, 6) is 1.67. The van der Waals surface area contributed by atoms with Crippen molar-refractivity contribution in [2.24, 2.45) is 0 Å². The molecule has 0 radical (unpaired) electrons.